The summed E-state index contributed by atoms with van der Waals surface area (Å²) in [7, 11) is 5.46. The molecule has 1 aromatic heterocycles. The number of imide groups is 1. The predicted octanol–water partition coefficient (Wildman–Crippen LogP) is 4.53. The largest absolute Gasteiger partial charge is 0.495 e. The number of hydrogen-bond donors (Lipinski definition) is 2. The number of nitrogens with one attached hydrogen (secondary N) is 2. The van der Waals surface area contributed by atoms with Gasteiger partial charge in [0, 0.05) is 72.8 Å². The Morgan fingerprint density at radius 3 is 2.35 bits per heavy atom. The van der Waals surface area contributed by atoms with Crippen LogP contribution in [0.4, 0.5) is 11.4 Å². The van der Waals surface area contributed by atoms with Crippen LogP contribution in [0.3, 0.4) is 0 Å². The average Bonchev–Trinajstić information content (AvgIpc) is 3.15. The molecule has 0 aliphatic carbocycles. The first-order chi connectivity index (χ1) is 25.0. The second-order valence-corrected chi connectivity index (χ2v) is 15.4. The van der Waals surface area contributed by atoms with E-state index in [0.717, 1.165) is 99.6 Å². The minimum atomic E-state index is -0.340. The number of amides is 3. The Hall–Kier alpha value is -4.71. The Labute approximate surface area is 308 Å². The lowest BCUT2D eigenvalue weighted by molar-refractivity contribution is -0.134. The number of anilines is 2. The van der Waals surface area contributed by atoms with Crippen LogP contribution in [0.15, 0.2) is 53.5 Å². The van der Waals surface area contributed by atoms with Gasteiger partial charge in [-0.25, -0.2) is 4.68 Å². The van der Waals surface area contributed by atoms with E-state index in [1.54, 1.807) is 20.4 Å². The first-order valence-corrected chi connectivity index (χ1v) is 18.7. The summed E-state index contributed by atoms with van der Waals surface area (Å²) in [5.74, 6) is 0.378. The molecule has 1 spiro atoms. The maximum absolute atomic E-state index is 13.6. The normalized spacial score (nSPS) is 23.7. The van der Waals surface area contributed by atoms with Gasteiger partial charge in [-0.15, -0.1) is 0 Å². The number of piperidine rings is 4. The molecule has 12 heteroatoms. The number of aromatic nitrogens is 2. The number of likely N-dealkylation sites (N-methyl/N-ethyl adjacent to an activating group) is 1. The van der Waals surface area contributed by atoms with Gasteiger partial charge in [-0.05, 0) is 99.2 Å². The van der Waals surface area contributed by atoms with Gasteiger partial charge in [0.1, 0.15) is 5.75 Å². The Bertz CT molecular complexity index is 1890. The number of benzene rings is 2. The molecule has 0 radical (unpaired) electrons. The van der Waals surface area contributed by atoms with E-state index in [-0.39, 0.29) is 43.5 Å². The monoisotopic (exact) mass is 713 g/mol. The summed E-state index contributed by atoms with van der Waals surface area (Å²) < 4.78 is 7.15. The third kappa shape index (κ3) is 7.30. The zero-order valence-corrected chi connectivity index (χ0v) is 30.8. The minimum absolute atomic E-state index is 0. The highest BCUT2D eigenvalue weighted by atomic mass is 16.5. The first-order valence-electron chi connectivity index (χ1n) is 18.7. The molecule has 0 saturated carbocycles. The standard InChI is InChI=1S/C40H51N7O5.2H2/c1-26-33(23-41-45(3)38(26)50)42-31-21-30(24-44(2)25-31)27-5-7-28(8-6-27)39(51)47-19-15-40(16-20-47)13-17-46(18-14-40)34-11-9-29(22-35(34)52-4)32-10-12-36(48)43-37(32)49;;/h5-9,11,22-23,30-32,42H,10,12-21,24-25H2,1-4H3,(H,43,48,49);2*1H/t30-,31+,32?;;/m0../s1. The van der Waals surface area contributed by atoms with Crippen molar-refractivity contribution in [2.45, 2.75) is 69.7 Å². The van der Waals surface area contributed by atoms with Crippen molar-refractivity contribution >= 4 is 29.1 Å². The van der Waals surface area contributed by atoms with Crippen LogP contribution in [0.1, 0.15) is 86.7 Å². The molecule has 3 amide bonds. The Kier molecular flexibility index (Phi) is 10.1. The van der Waals surface area contributed by atoms with Gasteiger partial charge in [0.2, 0.25) is 11.8 Å². The zero-order chi connectivity index (χ0) is 36.6. The van der Waals surface area contributed by atoms with E-state index in [1.165, 1.54) is 10.2 Å². The van der Waals surface area contributed by atoms with Crippen molar-refractivity contribution < 1.29 is 22.0 Å². The lowest BCUT2D eigenvalue weighted by Crippen LogP contribution is -2.48. The number of methoxy groups -OCH3 is 1. The van der Waals surface area contributed by atoms with E-state index in [1.807, 2.05) is 36.1 Å². The number of aryl methyl sites for hydroxylation is 1. The van der Waals surface area contributed by atoms with Crippen molar-refractivity contribution in [1.29, 1.82) is 0 Å². The molecule has 4 fully saturated rings. The van der Waals surface area contributed by atoms with Crippen molar-refractivity contribution in [1.82, 2.24) is 24.9 Å². The first kappa shape index (κ1) is 35.7. The number of nitrogens with zero attached hydrogens (tertiary/aromatic N) is 5. The number of hydrogen-bond acceptors (Lipinski definition) is 9. The molecule has 0 bridgehead atoms. The van der Waals surface area contributed by atoms with Gasteiger partial charge < -0.3 is 24.8 Å². The minimum Gasteiger partial charge on any atom is -0.495 e. The molecule has 5 heterocycles. The third-order valence-corrected chi connectivity index (χ3v) is 12.1. The van der Waals surface area contributed by atoms with E-state index in [0.29, 0.717) is 24.3 Å². The summed E-state index contributed by atoms with van der Waals surface area (Å²) in [6.45, 7) is 7.01. The van der Waals surface area contributed by atoms with Crippen molar-refractivity contribution in [2.75, 3.05) is 63.6 Å². The molecule has 4 aliphatic rings. The fraction of sp³-hybridized carbons (Fsp3) is 0.525. The molecule has 52 heavy (non-hydrogen) atoms. The lowest BCUT2D eigenvalue weighted by Gasteiger charge is -2.47. The highest BCUT2D eigenvalue weighted by Gasteiger charge is 2.39. The fourth-order valence-corrected chi connectivity index (χ4v) is 8.85. The molecule has 1 unspecified atom stereocenters. The third-order valence-electron chi connectivity index (χ3n) is 12.1. The Morgan fingerprint density at radius 2 is 1.65 bits per heavy atom. The van der Waals surface area contributed by atoms with Crippen molar-refractivity contribution in [3.63, 3.8) is 0 Å². The maximum atomic E-state index is 13.6. The van der Waals surface area contributed by atoms with Crippen LogP contribution in [-0.4, -0.2) is 96.8 Å². The van der Waals surface area contributed by atoms with Crippen LogP contribution >= 0.6 is 0 Å². The predicted molar refractivity (Wildman–Crippen MR) is 204 cm³/mol. The summed E-state index contributed by atoms with van der Waals surface area (Å²) in [5, 5.41) is 10.2. The lowest BCUT2D eigenvalue weighted by atomic mass is 9.71. The summed E-state index contributed by atoms with van der Waals surface area (Å²) in [6.07, 6.45) is 7.65. The van der Waals surface area contributed by atoms with Crippen molar-refractivity contribution in [3.8, 4) is 5.75 Å². The SMILES string of the molecule is COc1cc(C2CCC(=O)NC2=O)ccc1N1CCC2(CCN(C(=O)c3ccc([C@H]4C[C@@H](Nc5cnn(C)c(=O)c5C)CN(C)C4)cc3)CC2)CC1.[HH].[HH]. The second-order valence-electron chi connectivity index (χ2n) is 15.4. The van der Waals surface area contributed by atoms with Gasteiger partial charge in [0.15, 0.2) is 0 Å². The molecular formula is C40H55N7O5. The summed E-state index contributed by atoms with van der Waals surface area (Å²) in [4.78, 5) is 56.8. The molecule has 7 rings (SSSR count). The molecule has 3 aromatic rings. The van der Waals surface area contributed by atoms with E-state index in [2.05, 4.69) is 50.8 Å². The number of rotatable bonds is 7. The van der Waals surface area contributed by atoms with Crippen LogP contribution < -0.4 is 25.8 Å². The fourth-order valence-electron chi connectivity index (χ4n) is 8.85. The van der Waals surface area contributed by atoms with E-state index < -0.39 is 0 Å². The van der Waals surface area contributed by atoms with E-state index >= 15 is 0 Å². The van der Waals surface area contributed by atoms with Crippen LogP contribution in [0.25, 0.3) is 0 Å². The topological polar surface area (TPSA) is 129 Å². The van der Waals surface area contributed by atoms with Crippen LogP contribution in [0.2, 0.25) is 0 Å². The smallest absolute Gasteiger partial charge is 0.271 e. The van der Waals surface area contributed by atoms with Crippen LogP contribution in [-0.2, 0) is 16.6 Å². The van der Waals surface area contributed by atoms with Crippen LogP contribution in [0.5, 0.6) is 5.75 Å². The van der Waals surface area contributed by atoms with Gasteiger partial charge >= 0.3 is 0 Å². The molecule has 4 aliphatic heterocycles. The molecule has 4 saturated heterocycles. The van der Waals surface area contributed by atoms with E-state index in [4.69, 9.17) is 4.74 Å². The molecule has 3 atom stereocenters. The van der Waals surface area contributed by atoms with Gasteiger partial charge in [0.05, 0.1) is 30.6 Å². The van der Waals surface area contributed by atoms with Crippen molar-refractivity contribution in [2.24, 2.45) is 12.5 Å². The maximum Gasteiger partial charge on any atom is 0.271 e. The number of likely N-dealkylation sites (tertiary alicyclic amines) is 2. The van der Waals surface area contributed by atoms with Crippen LogP contribution in [0, 0.1) is 12.3 Å². The Balaban J connectivity index is 0.00000280. The Morgan fingerprint density at radius 1 is 0.962 bits per heavy atom. The highest BCUT2D eigenvalue weighted by Crippen LogP contribution is 2.44. The van der Waals surface area contributed by atoms with Gasteiger partial charge in [-0.2, -0.15) is 5.10 Å². The van der Waals surface area contributed by atoms with Gasteiger partial charge in [-0.3, -0.25) is 24.5 Å². The van der Waals surface area contributed by atoms with Gasteiger partial charge in [-0.1, -0.05) is 18.2 Å². The van der Waals surface area contributed by atoms with Crippen molar-refractivity contribution in [3.05, 3.63) is 81.3 Å². The summed E-state index contributed by atoms with van der Waals surface area (Å²) in [6, 6.07) is 14.4. The zero-order valence-electron chi connectivity index (χ0n) is 30.8. The molecule has 280 valence electrons. The quantitative estimate of drug-likeness (QED) is 0.340. The summed E-state index contributed by atoms with van der Waals surface area (Å²) >= 11 is 0. The number of carbonyl (C=O) groups excluding carboxylic acids is 3. The average molecular weight is 714 g/mol. The summed E-state index contributed by atoms with van der Waals surface area (Å²) in [5.41, 5.74) is 5.48. The number of carbonyl (C=O) groups is 3. The molecule has 12 nitrogen and oxygen atoms in total. The second kappa shape index (κ2) is 14.7. The molecule has 2 aromatic carbocycles. The highest BCUT2D eigenvalue weighted by molar-refractivity contribution is 6.01. The molecular weight excluding hydrogens is 658 g/mol. The molecule has 2 N–H and O–H groups in total. The van der Waals surface area contributed by atoms with Gasteiger partial charge in [0.25, 0.3) is 11.5 Å². The number of ether oxygens (including phenoxy) is 1. The van der Waals surface area contributed by atoms with E-state index in [9.17, 15) is 19.2 Å².